The third-order valence-corrected chi connectivity index (χ3v) is 3.58. The Bertz CT molecular complexity index is 340. The molecule has 0 saturated heterocycles. The van der Waals surface area contributed by atoms with Gasteiger partial charge in [-0.1, -0.05) is 13.3 Å². The number of rotatable bonds is 7. The Labute approximate surface area is 106 Å². The van der Waals surface area contributed by atoms with Crippen molar-refractivity contribution in [3.05, 3.63) is 16.6 Å². The number of aromatic nitrogens is 1. The highest BCUT2D eigenvalue weighted by molar-refractivity contribution is 7.09. The Hall–Kier alpha value is -0.940. The number of ether oxygens (including phenoxy) is 1. The Morgan fingerprint density at radius 3 is 2.82 bits per heavy atom. The standard InChI is InChI=1S/C12H20N2O2S/c1-3-5-12(9-13,11(15)16-4-2)8-10-14-6-7-17-10/h6-7H,3-5,8-9,13H2,1-2H3. The van der Waals surface area contributed by atoms with Gasteiger partial charge in [0.25, 0.3) is 0 Å². The van der Waals surface area contributed by atoms with Gasteiger partial charge in [0.15, 0.2) is 0 Å². The maximum Gasteiger partial charge on any atom is 0.313 e. The first-order valence-electron chi connectivity index (χ1n) is 5.94. The number of hydrogen-bond acceptors (Lipinski definition) is 5. The third kappa shape index (κ3) is 3.51. The summed E-state index contributed by atoms with van der Waals surface area (Å²) in [5.41, 5.74) is 5.21. The number of thiazole rings is 1. The molecular weight excluding hydrogens is 236 g/mol. The van der Waals surface area contributed by atoms with E-state index in [9.17, 15) is 4.79 Å². The highest BCUT2D eigenvalue weighted by Crippen LogP contribution is 2.30. The van der Waals surface area contributed by atoms with Crippen LogP contribution in [-0.4, -0.2) is 24.1 Å². The molecule has 96 valence electrons. The summed E-state index contributed by atoms with van der Waals surface area (Å²) < 4.78 is 5.16. The molecule has 0 saturated carbocycles. The van der Waals surface area contributed by atoms with Crippen molar-refractivity contribution in [1.82, 2.24) is 4.98 Å². The highest BCUT2D eigenvalue weighted by Gasteiger charge is 2.38. The number of nitrogens with two attached hydrogens (primary N) is 1. The summed E-state index contributed by atoms with van der Waals surface area (Å²) in [6.07, 6.45) is 3.97. The van der Waals surface area contributed by atoms with Crippen molar-refractivity contribution in [2.45, 2.75) is 33.1 Å². The van der Waals surface area contributed by atoms with Crippen LogP contribution in [0.25, 0.3) is 0 Å². The SMILES string of the molecule is CCCC(CN)(Cc1nccs1)C(=O)OCC. The summed E-state index contributed by atoms with van der Waals surface area (Å²) in [6, 6.07) is 0. The molecule has 1 atom stereocenters. The Morgan fingerprint density at radius 1 is 1.59 bits per heavy atom. The molecule has 2 N–H and O–H groups in total. The second-order valence-electron chi connectivity index (χ2n) is 4.06. The first-order chi connectivity index (χ1) is 8.18. The van der Waals surface area contributed by atoms with Crippen LogP contribution in [0.5, 0.6) is 0 Å². The molecule has 0 radical (unpaired) electrons. The van der Waals surface area contributed by atoms with E-state index in [4.69, 9.17) is 10.5 Å². The predicted molar refractivity (Wildman–Crippen MR) is 68.8 cm³/mol. The van der Waals surface area contributed by atoms with Crippen molar-refractivity contribution in [1.29, 1.82) is 0 Å². The number of hydrogen-bond donors (Lipinski definition) is 1. The highest BCUT2D eigenvalue weighted by atomic mass is 32.1. The molecule has 1 unspecified atom stereocenters. The number of carbonyl (C=O) groups excluding carboxylic acids is 1. The van der Waals surface area contributed by atoms with Crippen molar-refractivity contribution in [3.63, 3.8) is 0 Å². The lowest BCUT2D eigenvalue weighted by Gasteiger charge is -2.28. The summed E-state index contributed by atoms with van der Waals surface area (Å²) in [5.74, 6) is -0.195. The fraction of sp³-hybridized carbons (Fsp3) is 0.667. The van der Waals surface area contributed by atoms with Gasteiger partial charge in [0, 0.05) is 24.5 Å². The lowest BCUT2D eigenvalue weighted by Crippen LogP contribution is -2.42. The molecule has 1 aromatic heterocycles. The van der Waals surface area contributed by atoms with Crippen LogP contribution >= 0.6 is 11.3 Å². The molecule has 17 heavy (non-hydrogen) atoms. The summed E-state index contributed by atoms with van der Waals surface area (Å²) >= 11 is 1.55. The zero-order valence-electron chi connectivity index (χ0n) is 10.4. The first kappa shape index (κ1) is 14.1. The molecule has 0 spiro atoms. The van der Waals surface area contributed by atoms with Crippen LogP contribution in [0.15, 0.2) is 11.6 Å². The fourth-order valence-electron chi connectivity index (χ4n) is 1.91. The van der Waals surface area contributed by atoms with Gasteiger partial charge < -0.3 is 10.5 Å². The average Bonchev–Trinajstić information content (AvgIpc) is 2.81. The Balaban J connectivity index is 2.87. The zero-order chi connectivity index (χ0) is 12.7. The van der Waals surface area contributed by atoms with E-state index >= 15 is 0 Å². The molecule has 0 amide bonds. The summed E-state index contributed by atoms with van der Waals surface area (Å²) in [5, 5.41) is 2.85. The molecule has 0 aliphatic rings. The van der Waals surface area contributed by atoms with Gasteiger partial charge in [0.2, 0.25) is 0 Å². The topological polar surface area (TPSA) is 65.2 Å². The van der Waals surface area contributed by atoms with E-state index in [2.05, 4.69) is 4.98 Å². The van der Waals surface area contributed by atoms with E-state index in [0.717, 1.165) is 17.8 Å². The second kappa shape index (κ2) is 6.71. The molecular formula is C12H20N2O2S. The van der Waals surface area contributed by atoms with Crippen LogP contribution in [0, 0.1) is 5.41 Å². The van der Waals surface area contributed by atoms with Gasteiger partial charge in [0.05, 0.1) is 17.0 Å². The zero-order valence-corrected chi connectivity index (χ0v) is 11.3. The quantitative estimate of drug-likeness (QED) is 0.758. The van der Waals surface area contributed by atoms with Crippen molar-refractivity contribution in [3.8, 4) is 0 Å². The molecule has 0 fully saturated rings. The maximum absolute atomic E-state index is 12.1. The number of nitrogens with zero attached hydrogens (tertiary/aromatic N) is 1. The third-order valence-electron chi connectivity index (χ3n) is 2.80. The van der Waals surface area contributed by atoms with Crippen LogP contribution in [0.3, 0.4) is 0 Å². The molecule has 0 aromatic carbocycles. The average molecular weight is 256 g/mol. The van der Waals surface area contributed by atoms with Crippen LogP contribution in [0.2, 0.25) is 0 Å². The van der Waals surface area contributed by atoms with Crippen LogP contribution in [0.4, 0.5) is 0 Å². The summed E-state index contributed by atoms with van der Waals surface area (Å²) in [4.78, 5) is 16.3. The second-order valence-corrected chi connectivity index (χ2v) is 5.04. The van der Waals surface area contributed by atoms with Gasteiger partial charge in [-0.25, -0.2) is 4.98 Å². The van der Waals surface area contributed by atoms with Gasteiger partial charge in [-0.3, -0.25) is 4.79 Å². The molecule has 4 nitrogen and oxygen atoms in total. The minimum Gasteiger partial charge on any atom is -0.466 e. The first-order valence-corrected chi connectivity index (χ1v) is 6.82. The van der Waals surface area contributed by atoms with E-state index in [1.165, 1.54) is 0 Å². The summed E-state index contributed by atoms with van der Waals surface area (Å²) in [7, 11) is 0. The van der Waals surface area contributed by atoms with Crippen molar-refractivity contribution >= 4 is 17.3 Å². The van der Waals surface area contributed by atoms with E-state index in [1.807, 2.05) is 19.2 Å². The molecule has 5 heteroatoms. The monoisotopic (exact) mass is 256 g/mol. The smallest absolute Gasteiger partial charge is 0.313 e. The van der Waals surface area contributed by atoms with Gasteiger partial charge in [-0.05, 0) is 13.3 Å². The molecule has 0 aliphatic carbocycles. The normalized spacial score (nSPS) is 14.3. The number of esters is 1. The van der Waals surface area contributed by atoms with Crippen molar-refractivity contribution < 1.29 is 9.53 Å². The van der Waals surface area contributed by atoms with E-state index in [1.54, 1.807) is 17.5 Å². The van der Waals surface area contributed by atoms with Gasteiger partial charge >= 0.3 is 5.97 Å². The molecule has 0 bridgehead atoms. The lowest BCUT2D eigenvalue weighted by atomic mass is 9.80. The summed E-state index contributed by atoms with van der Waals surface area (Å²) in [6.45, 7) is 4.56. The largest absolute Gasteiger partial charge is 0.466 e. The molecule has 1 aromatic rings. The number of carbonyl (C=O) groups is 1. The lowest BCUT2D eigenvalue weighted by molar-refractivity contribution is -0.155. The van der Waals surface area contributed by atoms with Crippen molar-refractivity contribution in [2.24, 2.45) is 11.1 Å². The molecule has 1 rings (SSSR count). The van der Waals surface area contributed by atoms with Crippen LogP contribution < -0.4 is 5.73 Å². The Morgan fingerprint density at radius 2 is 2.35 bits per heavy atom. The van der Waals surface area contributed by atoms with E-state index in [0.29, 0.717) is 19.6 Å². The predicted octanol–water partition coefficient (Wildman–Crippen LogP) is 1.99. The van der Waals surface area contributed by atoms with Gasteiger partial charge in [0.1, 0.15) is 0 Å². The van der Waals surface area contributed by atoms with Gasteiger partial charge in [-0.15, -0.1) is 11.3 Å². The maximum atomic E-state index is 12.1. The van der Waals surface area contributed by atoms with E-state index in [-0.39, 0.29) is 5.97 Å². The van der Waals surface area contributed by atoms with Crippen LogP contribution in [-0.2, 0) is 16.0 Å². The Kier molecular flexibility index (Phi) is 5.58. The minimum atomic E-state index is -0.609. The fourth-order valence-corrected chi connectivity index (χ4v) is 2.67. The van der Waals surface area contributed by atoms with Gasteiger partial charge in [-0.2, -0.15) is 0 Å². The van der Waals surface area contributed by atoms with E-state index < -0.39 is 5.41 Å². The van der Waals surface area contributed by atoms with Crippen LogP contribution in [0.1, 0.15) is 31.7 Å². The minimum absolute atomic E-state index is 0.195. The van der Waals surface area contributed by atoms with Crippen molar-refractivity contribution in [2.75, 3.05) is 13.2 Å². The molecule has 0 aliphatic heterocycles. The molecule has 1 heterocycles.